The molecule has 4 aromatic rings. The Labute approximate surface area is 165 Å². The number of hydrogen-bond acceptors (Lipinski definition) is 6. The van der Waals surface area contributed by atoms with Gasteiger partial charge in [-0.25, -0.2) is 14.4 Å². The Hall–Kier alpha value is -4.07. The Morgan fingerprint density at radius 2 is 2.00 bits per heavy atom. The molecule has 0 saturated carbocycles. The molecule has 0 aliphatic rings. The number of ether oxygens (including phenoxy) is 1. The Morgan fingerprint density at radius 3 is 2.72 bits per heavy atom. The van der Waals surface area contributed by atoms with Crippen LogP contribution in [0.5, 0.6) is 5.75 Å². The van der Waals surface area contributed by atoms with E-state index in [0.29, 0.717) is 34.0 Å². The fraction of sp³-hybridized carbons (Fsp3) is 0.0476. The van der Waals surface area contributed by atoms with Crippen LogP contribution >= 0.6 is 0 Å². The van der Waals surface area contributed by atoms with Crippen LogP contribution in [0, 0.1) is 5.82 Å². The van der Waals surface area contributed by atoms with Crippen molar-refractivity contribution in [2.24, 2.45) is 5.73 Å². The van der Waals surface area contributed by atoms with Crippen LogP contribution in [0.3, 0.4) is 0 Å². The van der Waals surface area contributed by atoms with Gasteiger partial charge in [-0.1, -0.05) is 0 Å². The van der Waals surface area contributed by atoms with Crippen LogP contribution in [-0.4, -0.2) is 28.0 Å². The summed E-state index contributed by atoms with van der Waals surface area (Å²) in [6, 6.07) is 12.8. The first kappa shape index (κ1) is 18.3. The number of amides is 1. The normalized spacial score (nSPS) is 10.7. The van der Waals surface area contributed by atoms with Gasteiger partial charge in [0.25, 0.3) is 5.91 Å². The zero-order chi connectivity index (χ0) is 20.4. The lowest BCUT2D eigenvalue weighted by Gasteiger charge is -2.14. The molecule has 2 heterocycles. The highest BCUT2D eigenvalue weighted by Crippen LogP contribution is 2.31. The second-order valence-corrected chi connectivity index (χ2v) is 6.20. The van der Waals surface area contributed by atoms with E-state index in [1.165, 1.54) is 12.1 Å². The minimum absolute atomic E-state index is 0.0163. The Morgan fingerprint density at radius 1 is 1.14 bits per heavy atom. The first-order valence-electron chi connectivity index (χ1n) is 8.68. The van der Waals surface area contributed by atoms with Crippen molar-refractivity contribution in [1.82, 2.24) is 15.0 Å². The summed E-state index contributed by atoms with van der Waals surface area (Å²) in [7, 11) is 1.56. The molecule has 0 aliphatic carbocycles. The number of methoxy groups -OCH3 is 1. The summed E-state index contributed by atoms with van der Waals surface area (Å²) in [6.07, 6.45) is 3.31. The number of halogens is 1. The van der Waals surface area contributed by atoms with Crippen LogP contribution in [0.2, 0.25) is 0 Å². The molecule has 144 valence electrons. The van der Waals surface area contributed by atoms with Crippen molar-refractivity contribution < 1.29 is 13.9 Å². The molecule has 1 amide bonds. The number of carbonyl (C=O) groups is 1. The van der Waals surface area contributed by atoms with Crippen molar-refractivity contribution in [2.75, 3.05) is 12.4 Å². The van der Waals surface area contributed by atoms with Crippen LogP contribution in [0.15, 0.2) is 60.9 Å². The van der Waals surface area contributed by atoms with E-state index in [2.05, 4.69) is 20.3 Å². The number of fused-ring (bicyclic) bond motifs is 1. The average molecular weight is 389 g/mol. The molecular weight excluding hydrogens is 373 g/mol. The van der Waals surface area contributed by atoms with E-state index in [1.54, 1.807) is 43.8 Å². The maximum absolute atomic E-state index is 13.6. The summed E-state index contributed by atoms with van der Waals surface area (Å²) < 4.78 is 18.9. The Balaban J connectivity index is 1.91. The van der Waals surface area contributed by atoms with Gasteiger partial charge in [0.05, 0.1) is 23.9 Å². The molecule has 3 N–H and O–H groups in total. The second-order valence-electron chi connectivity index (χ2n) is 6.20. The third-order valence-corrected chi connectivity index (χ3v) is 4.32. The lowest BCUT2D eigenvalue weighted by Crippen LogP contribution is -2.14. The van der Waals surface area contributed by atoms with Gasteiger partial charge in [-0.05, 0) is 48.5 Å². The number of pyridine rings is 1. The van der Waals surface area contributed by atoms with E-state index in [4.69, 9.17) is 10.5 Å². The first-order chi connectivity index (χ1) is 14.0. The van der Waals surface area contributed by atoms with Gasteiger partial charge in [0, 0.05) is 23.3 Å². The number of nitrogens with two attached hydrogens (primary N) is 1. The first-order valence-corrected chi connectivity index (χ1v) is 8.68. The maximum Gasteiger partial charge on any atom is 0.250 e. The molecule has 0 radical (unpaired) electrons. The van der Waals surface area contributed by atoms with Gasteiger partial charge < -0.3 is 15.8 Å². The second kappa shape index (κ2) is 7.51. The van der Waals surface area contributed by atoms with Gasteiger partial charge in [0.15, 0.2) is 5.82 Å². The Kier molecular flexibility index (Phi) is 4.74. The van der Waals surface area contributed by atoms with E-state index < -0.39 is 11.7 Å². The van der Waals surface area contributed by atoms with E-state index >= 15 is 0 Å². The molecule has 0 aliphatic heterocycles. The van der Waals surface area contributed by atoms with Gasteiger partial charge in [-0.2, -0.15) is 0 Å². The van der Waals surface area contributed by atoms with E-state index in [0.717, 1.165) is 11.6 Å². The molecule has 0 fully saturated rings. The van der Waals surface area contributed by atoms with Crippen LogP contribution < -0.4 is 15.8 Å². The summed E-state index contributed by atoms with van der Waals surface area (Å²) in [5.41, 5.74) is 7.14. The van der Waals surface area contributed by atoms with E-state index in [1.807, 2.05) is 6.07 Å². The topological polar surface area (TPSA) is 103 Å². The van der Waals surface area contributed by atoms with Crippen molar-refractivity contribution in [1.29, 1.82) is 0 Å². The van der Waals surface area contributed by atoms with Gasteiger partial charge in [-0.15, -0.1) is 0 Å². The molecule has 29 heavy (non-hydrogen) atoms. The van der Waals surface area contributed by atoms with Gasteiger partial charge >= 0.3 is 0 Å². The molecule has 4 rings (SSSR count). The number of carbonyl (C=O) groups excluding carboxylic acids is 1. The number of hydrogen-bond donors (Lipinski definition) is 2. The fourth-order valence-corrected chi connectivity index (χ4v) is 2.91. The molecule has 0 saturated heterocycles. The number of anilines is 2. The van der Waals surface area contributed by atoms with Crippen molar-refractivity contribution in [3.63, 3.8) is 0 Å². The van der Waals surface area contributed by atoms with Gasteiger partial charge in [0.1, 0.15) is 17.4 Å². The quantitative estimate of drug-likeness (QED) is 0.540. The number of rotatable bonds is 5. The van der Waals surface area contributed by atoms with Crippen LogP contribution in [0.25, 0.3) is 22.3 Å². The number of benzene rings is 2. The smallest absolute Gasteiger partial charge is 0.250 e. The van der Waals surface area contributed by atoms with Crippen molar-refractivity contribution >= 4 is 28.3 Å². The maximum atomic E-state index is 13.6. The minimum atomic E-state index is -0.754. The van der Waals surface area contributed by atoms with Crippen molar-refractivity contribution in [2.45, 2.75) is 0 Å². The molecule has 2 aromatic carbocycles. The van der Waals surface area contributed by atoms with E-state index in [9.17, 15) is 9.18 Å². The van der Waals surface area contributed by atoms with Crippen LogP contribution in [0.1, 0.15) is 10.4 Å². The summed E-state index contributed by atoms with van der Waals surface area (Å²) in [4.78, 5) is 25.1. The summed E-state index contributed by atoms with van der Waals surface area (Å²) in [5.74, 6) is 0.167. The summed E-state index contributed by atoms with van der Waals surface area (Å²) in [5, 5.41) is 3.75. The van der Waals surface area contributed by atoms with Crippen LogP contribution in [-0.2, 0) is 0 Å². The molecule has 0 atom stereocenters. The molecule has 8 heteroatoms. The average Bonchev–Trinajstić information content (AvgIpc) is 2.75. The number of primary amides is 1. The predicted octanol–water partition coefficient (Wildman–Crippen LogP) is 3.68. The molecule has 0 unspecified atom stereocenters. The minimum Gasteiger partial charge on any atom is -0.497 e. The molecule has 2 aromatic heterocycles. The summed E-state index contributed by atoms with van der Waals surface area (Å²) >= 11 is 0. The molecule has 7 nitrogen and oxygen atoms in total. The van der Waals surface area contributed by atoms with Gasteiger partial charge in [0.2, 0.25) is 0 Å². The highest BCUT2D eigenvalue weighted by Gasteiger charge is 2.15. The lowest BCUT2D eigenvalue weighted by molar-refractivity contribution is 0.100. The zero-order valence-corrected chi connectivity index (χ0v) is 15.4. The zero-order valence-electron chi connectivity index (χ0n) is 15.4. The molecular formula is C21H16FN5O2. The largest absolute Gasteiger partial charge is 0.497 e. The molecule has 0 bridgehead atoms. The number of nitrogens with one attached hydrogen (secondary N) is 1. The van der Waals surface area contributed by atoms with Crippen molar-refractivity contribution in [3.8, 4) is 17.1 Å². The fourth-order valence-electron chi connectivity index (χ4n) is 2.91. The number of aromatic nitrogens is 3. The van der Waals surface area contributed by atoms with Gasteiger partial charge in [-0.3, -0.25) is 9.78 Å². The predicted molar refractivity (Wildman–Crippen MR) is 108 cm³/mol. The lowest BCUT2D eigenvalue weighted by atomic mass is 10.1. The van der Waals surface area contributed by atoms with Crippen LogP contribution in [0.4, 0.5) is 15.9 Å². The highest BCUT2D eigenvalue weighted by atomic mass is 19.1. The standard InChI is InChI=1S/C21H16FN5O2/c1-29-14-5-7-18-16(10-14)21(27-20(25-18)12-3-2-8-24-11-12)26-17-6-4-13(22)9-15(17)19(23)28/h2-11H,1H3,(H2,23,28)(H,25,26,27). The van der Waals surface area contributed by atoms with Crippen molar-refractivity contribution in [3.05, 3.63) is 72.3 Å². The SMILES string of the molecule is COc1ccc2nc(-c3cccnc3)nc(Nc3ccc(F)cc3C(N)=O)c2c1. The monoisotopic (exact) mass is 389 g/mol. The molecule has 0 spiro atoms. The highest BCUT2D eigenvalue weighted by molar-refractivity contribution is 6.01. The van der Waals surface area contributed by atoms with E-state index in [-0.39, 0.29) is 5.56 Å². The Bertz CT molecular complexity index is 1210. The summed E-state index contributed by atoms with van der Waals surface area (Å²) in [6.45, 7) is 0. The number of nitrogens with zero attached hydrogens (tertiary/aromatic N) is 3. The third kappa shape index (κ3) is 3.68. The third-order valence-electron chi connectivity index (χ3n) is 4.32.